The minimum absolute atomic E-state index is 0.0246. The Morgan fingerprint density at radius 1 is 0.972 bits per heavy atom. The lowest BCUT2D eigenvalue weighted by Crippen LogP contribution is -2.49. The van der Waals surface area contributed by atoms with Crippen molar-refractivity contribution in [1.82, 2.24) is 15.1 Å². The van der Waals surface area contributed by atoms with E-state index in [0.29, 0.717) is 24.5 Å². The molecule has 6 nitrogen and oxygen atoms in total. The van der Waals surface area contributed by atoms with Gasteiger partial charge < -0.3 is 14.8 Å². The molecule has 0 unspecified atom stereocenters. The molecule has 4 aliphatic carbocycles. The van der Waals surface area contributed by atoms with Crippen molar-refractivity contribution in [3.05, 3.63) is 71.5 Å². The maximum atomic E-state index is 13.6. The van der Waals surface area contributed by atoms with Crippen LogP contribution in [0.15, 0.2) is 54.7 Å². The standard InChI is InChI=1S/C30H35N3O3/c1-35-26-9-8-20(15-27(26)36-2)10-11-31-29(34)25-19-33(24-6-4-3-5-7-24)32-28(25)30-16-21-12-22(17-30)14-23(13-21)18-30/h3-9,15,19,21-23H,10-14,16-18H2,1-2H3,(H,31,34). The van der Waals surface area contributed by atoms with Crippen LogP contribution in [0.2, 0.25) is 0 Å². The van der Waals surface area contributed by atoms with Crippen molar-refractivity contribution < 1.29 is 14.3 Å². The molecule has 0 atom stereocenters. The number of aromatic nitrogens is 2. The van der Waals surface area contributed by atoms with E-state index >= 15 is 0 Å². The van der Waals surface area contributed by atoms with Gasteiger partial charge in [-0.05, 0) is 92.5 Å². The predicted molar refractivity (Wildman–Crippen MR) is 139 cm³/mol. The summed E-state index contributed by atoms with van der Waals surface area (Å²) in [5.41, 5.74) is 3.90. The molecule has 0 saturated heterocycles. The van der Waals surface area contributed by atoms with Gasteiger partial charge in [-0.3, -0.25) is 4.79 Å². The number of ether oxygens (including phenoxy) is 2. The van der Waals surface area contributed by atoms with Crippen molar-refractivity contribution in [2.24, 2.45) is 17.8 Å². The van der Waals surface area contributed by atoms with Gasteiger partial charge in [0.25, 0.3) is 5.91 Å². The highest BCUT2D eigenvalue weighted by Gasteiger charge is 2.53. The quantitative estimate of drug-likeness (QED) is 0.468. The number of hydrogen-bond acceptors (Lipinski definition) is 4. The molecule has 0 aliphatic heterocycles. The molecule has 4 saturated carbocycles. The maximum Gasteiger partial charge on any atom is 0.254 e. The van der Waals surface area contributed by atoms with Gasteiger partial charge in [0.1, 0.15) is 0 Å². The first-order valence-electron chi connectivity index (χ1n) is 13.2. The van der Waals surface area contributed by atoms with Crippen LogP contribution >= 0.6 is 0 Å². The summed E-state index contributed by atoms with van der Waals surface area (Å²) in [5.74, 6) is 3.76. The van der Waals surface area contributed by atoms with Gasteiger partial charge >= 0.3 is 0 Å². The first-order chi connectivity index (χ1) is 17.6. The molecule has 6 heteroatoms. The fraction of sp³-hybridized carbons (Fsp3) is 0.467. The Kier molecular flexibility index (Phi) is 5.98. The smallest absolute Gasteiger partial charge is 0.254 e. The number of para-hydroxylation sites is 1. The lowest BCUT2D eigenvalue weighted by Gasteiger charge is -2.56. The molecule has 1 N–H and O–H groups in total. The SMILES string of the molecule is COc1ccc(CCNC(=O)c2cn(-c3ccccc3)nc2C23CC4CC(CC(C4)C2)C3)cc1OC. The van der Waals surface area contributed by atoms with Gasteiger partial charge in [-0.2, -0.15) is 5.10 Å². The molecule has 36 heavy (non-hydrogen) atoms. The monoisotopic (exact) mass is 485 g/mol. The van der Waals surface area contributed by atoms with Crippen LogP contribution in [0.4, 0.5) is 0 Å². The largest absolute Gasteiger partial charge is 0.493 e. The third kappa shape index (κ3) is 4.16. The molecule has 1 heterocycles. The number of benzene rings is 2. The van der Waals surface area contributed by atoms with E-state index in [-0.39, 0.29) is 11.3 Å². The van der Waals surface area contributed by atoms with Crippen LogP contribution < -0.4 is 14.8 Å². The molecule has 188 valence electrons. The lowest BCUT2D eigenvalue weighted by atomic mass is 9.48. The Balaban J connectivity index is 1.25. The number of nitrogens with one attached hydrogen (secondary N) is 1. The Hall–Kier alpha value is -3.28. The predicted octanol–water partition coefficient (Wildman–Crippen LogP) is 5.33. The van der Waals surface area contributed by atoms with E-state index in [4.69, 9.17) is 14.6 Å². The van der Waals surface area contributed by atoms with Crippen molar-refractivity contribution in [3.8, 4) is 17.2 Å². The lowest BCUT2D eigenvalue weighted by molar-refractivity contribution is -0.00770. The molecular weight excluding hydrogens is 450 g/mol. The van der Waals surface area contributed by atoms with Crippen LogP contribution in [0, 0.1) is 17.8 Å². The first-order valence-corrected chi connectivity index (χ1v) is 13.2. The van der Waals surface area contributed by atoms with Crippen molar-refractivity contribution in [1.29, 1.82) is 0 Å². The second kappa shape index (κ2) is 9.30. The van der Waals surface area contributed by atoms with Gasteiger partial charge in [-0.15, -0.1) is 0 Å². The molecule has 4 aliphatic rings. The third-order valence-corrected chi connectivity index (χ3v) is 8.67. The zero-order valence-corrected chi connectivity index (χ0v) is 21.2. The molecule has 1 aromatic heterocycles. The summed E-state index contributed by atoms with van der Waals surface area (Å²) in [7, 11) is 3.27. The Morgan fingerprint density at radius 2 is 1.64 bits per heavy atom. The number of rotatable bonds is 8. The van der Waals surface area contributed by atoms with E-state index in [2.05, 4.69) is 17.4 Å². The number of hydrogen-bond donors (Lipinski definition) is 1. The van der Waals surface area contributed by atoms with Crippen molar-refractivity contribution in [3.63, 3.8) is 0 Å². The second-order valence-electron chi connectivity index (χ2n) is 11.1. The van der Waals surface area contributed by atoms with E-state index in [0.717, 1.165) is 40.3 Å². The summed E-state index contributed by atoms with van der Waals surface area (Å²) in [5, 5.41) is 8.31. The van der Waals surface area contributed by atoms with Crippen molar-refractivity contribution in [2.75, 3.05) is 20.8 Å². The van der Waals surface area contributed by atoms with E-state index in [1.54, 1.807) is 14.2 Å². The number of carbonyl (C=O) groups excluding carboxylic acids is 1. The minimum Gasteiger partial charge on any atom is -0.493 e. The molecule has 4 fully saturated rings. The van der Waals surface area contributed by atoms with E-state index in [1.165, 1.54) is 38.5 Å². The molecule has 0 spiro atoms. The highest BCUT2D eigenvalue weighted by Crippen LogP contribution is 2.60. The molecular formula is C30H35N3O3. The minimum atomic E-state index is -0.0246. The van der Waals surface area contributed by atoms with E-state index in [1.807, 2.05) is 47.3 Å². The Labute approximate surface area is 213 Å². The number of nitrogens with zero attached hydrogens (tertiary/aromatic N) is 2. The normalized spacial score (nSPS) is 26.1. The zero-order chi connectivity index (χ0) is 24.7. The third-order valence-electron chi connectivity index (χ3n) is 8.67. The molecule has 4 bridgehead atoms. The topological polar surface area (TPSA) is 65.4 Å². The molecule has 3 aromatic rings. The average molecular weight is 486 g/mol. The van der Waals surface area contributed by atoms with Gasteiger partial charge in [0.05, 0.1) is 31.2 Å². The fourth-order valence-corrected chi connectivity index (χ4v) is 7.50. The van der Waals surface area contributed by atoms with Crippen LogP contribution in [0.1, 0.15) is 60.1 Å². The van der Waals surface area contributed by atoms with Gasteiger partial charge in [-0.1, -0.05) is 24.3 Å². The zero-order valence-electron chi connectivity index (χ0n) is 21.2. The fourth-order valence-electron chi connectivity index (χ4n) is 7.50. The molecule has 1 amide bonds. The highest BCUT2D eigenvalue weighted by molar-refractivity contribution is 5.95. The molecule has 2 aromatic carbocycles. The Bertz CT molecular complexity index is 1210. The average Bonchev–Trinajstić information content (AvgIpc) is 3.35. The number of carbonyl (C=O) groups is 1. The summed E-state index contributed by atoms with van der Waals surface area (Å²) in [6, 6.07) is 16.0. The van der Waals surface area contributed by atoms with Crippen LogP contribution in [-0.4, -0.2) is 36.5 Å². The molecule has 0 radical (unpaired) electrons. The summed E-state index contributed by atoms with van der Waals surface area (Å²) in [6.07, 6.45) is 10.3. The van der Waals surface area contributed by atoms with Gasteiger partial charge in [0.15, 0.2) is 11.5 Å². The van der Waals surface area contributed by atoms with Crippen molar-refractivity contribution >= 4 is 5.91 Å². The highest BCUT2D eigenvalue weighted by atomic mass is 16.5. The van der Waals surface area contributed by atoms with Gasteiger partial charge in [0.2, 0.25) is 0 Å². The van der Waals surface area contributed by atoms with Crippen LogP contribution in [0.5, 0.6) is 11.5 Å². The Morgan fingerprint density at radius 3 is 2.28 bits per heavy atom. The number of methoxy groups -OCH3 is 2. The van der Waals surface area contributed by atoms with Crippen LogP contribution in [-0.2, 0) is 11.8 Å². The van der Waals surface area contributed by atoms with Crippen LogP contribution in [0.3, 0.4) is 0 Å². The van der Waals surface area contributed by atoms with Gasteiger partial charge in [-0.25, -0.2) is 4.68 Å². The number of amides is 1. The summed E-state index contributed by atoms with van der Waals surface area (Å²) < 4.78 is 12.7. The first kappa shape index (κ1) is 23.1. The van der Waals surface area contributed by atoms with Crippen LogP contribution in [0.25, 0.3) is 5.69 Å². The van der Waals surface area contributed by atoms with Crippen molar-refractivity contribution in [2.45, 2.75) is 50.4 Å². The second-order valence-corrected chi connectivity index (χ2v) is 11.1. The van der Waals surface area contributed by atoms with E-state index < -0.39 is 0 Å². The summed E-state index contributed by atoms with van der Waals surface area (Å²) in [6.45, 7) is 0.547. The summed E-state index contributed by atoms with van der Waals surface area (Å²) in [4.78, 5) is 13.6. The van der Waals surface area contributed by atoms with Gasteiger partial charge in [0, 0.05) is 18.2 Å². The summed E-state index contributed by atoms with van der Waals surface area (Å²) >= 11 is 0. The molecule has 7 rings (SSSR count). The maximum absolute atomic E-state index is 13.6. The van der Waals surface area contributed by atoms with E-state index in [9.17, 15) is 4.79 Å².